The Morgan fingerprint density at radius 1 is 0.378 bits per heavy atom. The van der Waals surface area contributed by atoms with Crippen LogP contribution < -0.4 is 0 Å². The van der Waals surface area contributed by atoms with Crippen molar-refractivity contribution in [3.05, 3.63) is 158 Å². The van der Waals surface area contributed by atoms with Gasteiger partial charge in [-0.3, -0.25) is 0 Å². The second-order valence-corrected chi connectivity index (χ2v) is 14.0. The Morgan fingerprint density at radius 3 is 1.71 bits per heavy atom. The zero-order valence-electron chi connectivity index (χ0n) is 24.3. The Hall–Kier alpha value is -5.34. The van der Waals surface area contributed by atoms with E-state index >= 15 is 0 Å². The maximum absolute atomic E-state index is 2.51. The summed E-state index contributed by atoms with van der Waals surface area (Å²) in [4.78, 5) is 0. The van der Waals surface area contributed by atoms with Crippen molar-refractivity contribution >= 4 is 77.4 Å². The van der Waals surface area contributed by atoms with Crippen LogP contribution in [0.1, 0.15) is 0 Å². The molecule has 0 saturated heterocycles. The van der Waals surface area contributed by atoms with Crippen molar-refractivity contribution in [2.75, 3.05) is 0 Å². The van der Waals surface area contributed by atoms with Crippen LogP contribution in [0.2, 0.25) is 0 Å². The molecule has 10 aromatic rings. The van der Waals surface area contributed by atoms with Gasteiger partial charge in [-0.25, -0.2) is 0 Å². The summed E-state index contributed by atoms with van der Waals surface area (Å²) in [5.41, 5.74) is 9.96. The van der Waals surface area contributed by atoms with E-state index in [1.54, 1.807) is 0 Å². The van der Waals surface area contributed by atoms with E-state index < -0.39 is 0 Å². The van der Waals surface area contributed by atoms with Crippen LogP contribution in [0, 0.1) is 0 Å². The van der Waals surface area contributed by atoms with Crippen LogP contribution in [0.5, 0.6) is 0 Å². The van der Waals surface area contributed by atoms with E-state index in [1.165, 1.54) is 85.4 Å². The summed E-state index contributed by atoms with van der Waals surface area (Å²) in [6.07, 6.45) is 0. The summed E-state index contributed by atoms with van der Waals surface area (Å²) in [6.45, 7) is 0. The van der Waals surface area contributed by atoms with Crippen LogP contribution >= 0.6 is 0 Å². The Bertz CT molecular complexity index is 2740. The van der Waals surface area contributed by atoms with E-state index in [0.29, 0.717) is 0 Å². The molecule has 0 N–H and O–H groups in total. The first-order valence-corrected chi connectivity index (χ1v) is 17.1. The molecule has 3 heterocycles. The van der Waals surface area contributed by atoms with Gasteiger partial charge in [-0.1, -0.05) is 0 Å². The van der Waals surface area contributed by atoms with Crippen molar-refractivity contribution in [3.8, 4) is 22.5 Å². The molecule has 0 radical (unpaired) electrons. The monoisotopic (exact) mass is 638 g/mol. The van der Waals surface area contributed by atoms with Gasteiger partial charge >= 0.3 is 267 Å². The fourth-order valence-electron chi connectivity index (χ4n) is 7.43. The van der Waals surface area contributed by atoms with E-state index in [-0.39, 0.29) is 14.5 Å². The van der Waals surface area contributed by atoms with Gasteiger partial charge in [0.05, 0.1) is 0 Å². The first-order valence-electron chi connectivity index (χ1n) is 15.4. The van der Waals surface area contributed by atoms with Crippen LogP contribution in [-0.4, -0.2) is 23.6 Å². The molecular weight excluding hydrogens is 611 g/mol. The summed E-state index contributed by atoms with van der Waals surface area (Å²) < 4.78 is 7.82. The molecule has 7 aromatic carbocycles. The molecule has 0 aliphatic carbocycles. The summed E-state index contributed by atoms with van der Waals surface area (Å²) in [6, 6.07) is 58.0. The third-order valence-corrected chi connectivity index (χ3v) is 11.6. The molecule has 3 heteroatoms. The fourth-order valence-corrected chi connectivity index (χ4v) is 9.84. The number of fused-ring (bicyclic) bond motifs is 10. The summed E-state index contributed by atoms with van der Waals surface area (Å²) in [5, 5.41) is 7.95. The van der Waals surface area contributed by atoms with Crippen molar-refractivity contribution in [3.63, 3.8) is 0 Å². The molecule has 0 spiro atoms. The molecule has 0 atom stereocenters. The molecule has 210 valence electrons. The van der Waals surface area contributed by atoms with Crippen LogP contribution in [0.4, 0.5) is 0 Å². The quantitative estimate of drug-likeness (QED) is 0.171. The number of benzene rings is 7. The van der Waals surface area contributed by atoms with Crippen LogP contribution in [0.15, 0.2) is 158 Å². The van der Waals surface area contributed by atoms with Gasteiger partial charge in [0, 0.05) is 0 Å². The molecule has 0 fully saturated rings. The second kappa shape index (κ2) is 9.58. The molecule has 45 heavy (non-hydrogen) atoms. The number of rotatable bonds is 3. The minimum absolute atomic E-state index is 0.236. The van der Waals surface area contributed by atoms with Crippen molar-refractivity contribution in [2.45, 2.75) is 0 Å². The average Bonchev–Trinajstić information content (AvgIpc) is 3.76. The summed E-state index contributed by atoms with van der Waals surface area (Å²) in [5.74, 6) is 0. The molecule has 0 amide bonds. The zero-order valence-corrected chi connectivity index (χ0v) is 26.0. The normalized spacial score (nSPS) is 12.0. The van der Waals surface area contributed by atoms with E-state index in [9.17, 15) is 0 Å². The number of nitrogens with zero attached hydrogens (tertiary/aromatic N) is 2. The van der Waals surface area contributed by atoms with Gasteiger partial charge in [-0.15, -0.1) is 0 Å². The number of aromatic nitrogens is 2. The van der Waals surface area contributed by atoms with Gasteiger partial charge in [0.1, 0.15) is 0 Å². The van der Waals surface area contributed by atoms with Gasteiger partial charge in [-0.2, -0.15) is 0 Å². The SMILES string of the molecule is c1ccc(-n2c3ccccc3c3cc(-c4cc5[se]c6ccccc6c5c5c4c4ccccc4n5-c4ccccc4)ccc32)cc1. The molecule has 0 aliphatic heterocycles. The molecule has 0 unspecified atom stereocenters. The predicted octanol–water partition coefficient (Wildman–Crippen LogP) is 10.9. The van der Waals surface area contributed by atoms with E-state index in [4.69, 9.17) is 0 Å². The predicted molar refractivity (Wildman–Crippen MR) is 193 cm³/mol. The minimum atomic E-state index is 0.236. The van der Waals surface area contributed by atoms with E-state index in [2.05, 4.69) is 167 Å². The number of hydrogen-bond donors (Lipinski definition) is 0. The third-order valence-electron chi connectivity index (χ3n) is 9.29. The average molecular weight is 638 g/mol. The molecule has 0 aliphatic rings. The van der Waals surface area contributed by atoms with Crippen LogP contribution in [-0.2, 0) is 0 Å². The number of para-hydroxylation sites is 4. The Morgan fingerprint density at radius 2 is 0.956 bits per heavy atom. The molecule has 3 aromatic heterocycles. The van der Waals surface area contributed by atoms with Gasteiger partial charge in [-0.05, 0) is 0 Å². The van der Waals surface area contributed by atoms with Gasteiger partial charge in [0.25, 0.3) is 0 Å². The molecule has 0 bridgehead atoms. The molecule has 2 nitrogen and oxygen atoms in total. The zero-order chi connectivity index (χ0) is 29.5. The topological polar surface area (TPSA) is 9.86 Å². The van der Waals surface area contributed by atoms with Crippen molar-refractivity contribution < 1.29 is 0 Å². The van der Waals surface area contributed by atoms with E-state index in [0.717, 1.165) is 0 Å². The Kier molecular flexibility index (Phi) is 5.33. The van der Waals surface area contributed by atoms with Gasteiger partial charge < -0.3 is 0 Å². The van der Waals surface area contributed by atoms with Gasteiger partial charge in [0.2, 0.25) is 0 Å². The van der Waals surface area contributed by atoms with Crippen LogP contribution in [0.25, 0.3) is 85.4 Å². The van der Waals surface area contributed by atoms with Crippen molar-refractivity contribution in [1.82, 2.24) is 9.13 Å². The molecule has 0 saturated carbocycles. The van der Waals surface area contributed by atoms with Crippen molar-refractivity contribution in [1.29, 1.82) is 0 Å². The van der Waals surface area contributed by atoms with Gasteiger partial charge in [0.15, 0.2) is 0 Å². The van der Waals surface area contributed by atoms with Crippen LogP contribution in [0.3, 0.4) is 0 Å². The first-order chi connectivity index (χ1) is 22.3. The Balaban J connectivity index is 1.37. The van der Waals surface area contributed by atoms with E-state index in [1.807, 2.05) is 0 Å². The second-order valence-electron chi connectivity index (χ2n) is 11.7. The Labute approximate surface area is 265 Å². The maximum atomic E-state index is 2.51. The summed E-state index contributed by atoms with van der Waals surface area (Å²) in [7, 11) is 0. The molecule has 10 rings (SSSR count). The first kappa shape index (κ1) is 25.0. The standard InChI is InChI=1S/C42H26N2Se/c1-3-13-28(14-4-1)43-35-20-10-7-17-30(35)34-25-27(23-24-37(34)43)33-26-39-41(32-19-9-12-22-38(32)45-39)42-40(33)31-18-8-11-21-36(31)44(42)29-15-5-2-6-16-29/h1-26H. The third kappa shape index (κ3) is 3.57. The summed E-state index contributed by atoms with van der Waals surface area (Å²) >= 11 is 0.236. The molecular formula is C42H26N2Se. The fraction of sp³-hybridized carbons (Fsp3) is 0. The van der Waals surface area contributed by atoms with Crippen molar-refractivity contribution in [2.24, 2.45) is 0 Å². The number of hydrogen-bond acceptors (Lipinski definition) is 0.